The monoisotopic (exact) mass is 637 g/mol. The summed E-state index contributed by atoms with van der Waals surface area (Å²) in [6.07, 6.45) is 9.30. The van der Waals surface area contributed by atoms with E-state index >= 15 is 0 Å². The fourth-order valence-electron chi connectivity index (χ4n) is 4.95. The molecule has 1 aromatic carbocycles. The minimum Gasteiger partial charge on any atom is -0.488 e. The van der Waals surface area contributed by atoms with Gasteiger partial charge in [-0.3, -0.25) is 4.79 Å². The molecule has 13 nitrogen and oxygen atoms in total. The molecule has 4 N–H and O–H groups in total. The Balaban J connectivity index is 1.34. The molecule has 1 amide bonds. The van der Waals surface area contributed by atoms with Gasteiger partial charge in [0.1, 0.15) is 49.8 Å². The van der Waals surface area contributed by atoms with E-state index < -0.39 is 12.5 Å². The van der Waals surface area contributed by atoms with Crippen LogP contribution in [0, 0.1) is 6.92 Å². The van der Waals surface area contributed by atoms with Crippen molar-refractivity contribution in [2.24, 2.45) is 0 Å². The number of carbonyl (C=O) groups is 1. The van der Waals surface area contributed by atoms with Gasteiger partial charge < -0.3 is 49.1 Å². The van der Waals surface area contributed by atoms with Crippen LogP contribution in [0.15, 0.2) is 68.2 Å². The van der Waals surface area contributed by atoms with Gasteiger partial charge in [-0.2, -0.15) is 0 Å². The lowest BCUT2D eigenvalue weighted by molar-refractivity contribution is -0.162. The Kier molecular flexibility index (Phi) is 13.7. The van der Waals surface area contributed by atoms with E-state index in [9.17, 15) is 9.90 Å². The van der Waals surface area contributed by atoms with Crippen LogP contribution in [-0.2, 0) is 28.5 Å². The van der Waals surface area contributed by atoms with Gasteiger partial charge in [0.2, 0.25) is 5.91 Å². The van der Waals surface area contributed by atoms with Crippen molar-refractivity contribution in [1.82, 2.24) is 19.9 Å². The molecule has 0 spiro atoms. The quantitative estimate of drug-likeness (QED) is 0.0947. The van der Waals surface area contributed by atoms with Crippen molar-refractivity contribution in [2.45, 2.75) is 44.5 Å². The van der Waals surface area contributed by atoms with Crippen molar-refractivity contribution in [2.75, 3.05) is 52.1 Å². The number of aromatic nitrogens is 3. The van der Waals surface area contributed by atoms with Crippen LogP contribution in [0.3, 0.4) is 0 Å². The number of aliphatic hydroxyl groups excluding tert-OH is 1. The topological polar surface area (TPSA) is 161 Å². The van der Waals surface area contributed by atoms with Gasteiger partial charge in [-0.1, -0.05) is 36.4 Å². The molecule has 0 aliphatic carbocycles. The summed E-state index contributed by atoms with van der Waals surface area (Å²) < 4.78 is 36.5. The molecule has 1 fully saturated rings. The molecule has 0 bridgehead atoms. The number of nitrogen functional groups attached to an aromatic ring is 1. The second-order valence-electron chi connectivity index (χ2n) is 10.5. The number of hydrogen-bond donors (Lipinski definition) is 3. The Morgan fingerprint density at radius 1 is 1.26 bits per heavy atom. The number of nitrogens with one attached hydrogen (secondary N) is 1. The van der Waals surface area contributed by atoms with E-state index in [4.69, 9.17) is 34.2 Å². The lowest BCUT2D eigenvalue weighted by atomic mass is 10.1. The minimum atomic E-state index is -0.756. The average Bonchev–Trinajstić information content (AvgIpc) is 3.63. The third-order valence-corrected chi connectivity index (χ3v) is 7.06. The molecule has 1 aliphatic heterocycles. The van der Waals surface area contributed by atoms with Gasteiger partial charge >= 0.3 is 0 Å². The average molecular weight is 638 g/mol. The van der Waals surface area contributed by atoms with Gasteiger partial charge in [0.15, 0.2) is 6.29 Å². The highest BCUT2D eigenvalue weighted by atomic mass is 16.7. The zero-order valence-corrected chi connectivity index (χ0v) is 26.1. The number of carbonyl (C=O) groups excluding carboxylic acids is 1. The summed E-state index contributed by atoms with van der Waals surface area (Å²) in [6, 6.07) is 7.62. The largest absolute Gasteiger partial charge is 0.488 e. The molecule has 1 saturated heterocycles. The number of aryl methyl sites for hydroxylation is 1. The number of benzene rings is 1. The van der Waals surface area contributed by atoms with E-state index in [2.05, 4.69) is 28.4 Å². The Morgan fingerprint density at radius 2 is 2.11 bits per heavy atom. The Bertz CT molecular complexity index is 1460. The second kappa shape index (κ2) is 18.1. The number of nitrogens with two attached hydrogens (primary N) is 1. The molecule has 1 aliphatic rings. The van der Waals surface area contributed by atoms with Gasteiger partial charge in [0.05, 0.1) is 30.8 Å². The first kappa shape index (κ1) is 34.8. The van der Waals surface area contributed by atoms with E-state index in [1.54, 1.807) is 18.2 Å². The molecule has 0 saturated carbocycles. The van der Waals surface area contributed by atoms with E-state index in [0.717, 1.165) is 11.1 Å². The molecule has 4 unspecified atom stereocenters. The van der Waals surface area contributed by atoms with E-state index in [1.165, 1.54) is 6.33 Å². The number of fused-ring (bicyclic) bond motifs is 1. The number of anilines is 1. The zero-order valence-electron chi connectivity index (χ0n) is 26.1. The molecular weight excluding hydrogens is 594 g/mol. The van der Waals surface area contributed by atoms with Crippen LogP contribution in [0.2, 0.25) is 0 Å². The van der Waals surface area contributed by atoms with Crippen LogP contribution in [0.5, 0.6) is 5.75 Å². The van der Waals surface area contributed by atoms with Crippen molar-refractivity contribution < 1.29 is 38.3 Å². The Morgan fingerprint density at radius 3 is 2.89 bits per heavy atom. The molecule has 4 rings (SSSR count). The van der Waals surface area contributed by atoms with Gasteiger partial charge in [-0.15, -0.1) is 13.2 Å². The third-order valence-electron chi connectivity index (χ3n) is 7.06. The van der Waals surface area contributed by atoms with Crippen molar-refractivity contribution in [1.29, 1.82) is 0 Å². The van der Waals surface area contributed by atoms with Gasteiger partial charge in [0, 0.05) is 31.3 Å². The molecule has 2 aromatic heterocycles. The lowest BCUT2D eigenvalue weighted by Crippen LogP contribution is -2.33. The van der Waals surface area contributed by atoms with E-state index in [0.29, 0.717) is 42.0 Å². The van der Waals surface area contributed by atoms with Crippen LogP contribution in [-0.4, -0.2) is 90.4 Å². The maximum atomic E-state index is 12.5. The molecule has 13 heteroatoms. The van der Waals surface area contributed by atoms with Crippen LogP contribution in [0.4, 0.5) is 5.82 Å². The number of aliphatic hydroxyl groups is 1. The fourth-order valence-corrected chi connectivity index (χ4v) is 4.95. The lowest BCUT2D eigenvalue weighted by Gasteiger charge is -2.18. The maximum Gasteiger partial charge on any atom is 0.246 e. The summed E-state index contributed by atoms with van der Waals surface area (Å²) in [5, 5.41) is 13.0. The molecule has 46 heavy (non-hydrogen) atoms. The van der Waals surface area contributed by atoms with Crippen LogP contribution in [0.25, 0.3) is 17.1 Å². The van der Waals surface area contributed by atoms with Gasteiger partial charge in [-0.05, 0) is 31.0 Å². The van der Waals surface area contributed by atoms with Crippen LogP contribution >= 0.6 is 0 Å². The molecule has 3 heterocycles. The molecule has 248 valence electrons. The molecule has 3 aromatic rings. The predicted octanol–water partition coefficient (Wildman–Crippen LogP) is 3.29. The van der Waals surface area contributed by atoms with Crippen molar-refractivity contribution >= 4 is 28.8 Å². The zero-order chi connectivity index (χ0) is 32.7. The van der Waals surface area contributed by atoms with Crippen molar-refractivity contribution in [3.8, 4) is 5.75 Å². The molecule has 0 radical (unpaired) electrons. The third kappa shape index (κ3) is 9.94. The normalized spacial score (nSPS) is 18.6. The van der Waals surface area contributed by atoms with E-state index in [1.807, 2.05) is 48.0 Å². The Hall–Kier alpha value is -4.11. The van der Waals surface area contributed by atoms with Gasteiger partial charge in [0.25, 0.3) is 0 Å². The number of hydrogen-bond acceptors (Lipinski definition) is 11. The maximum absolute atomic E-state index is 12.5. The molecule has 4 atom stereocenters. The Labute approximate surface area is 268 Å². The first-order valence-electron chi connectivity index (χ1n) is 15.1. The predicted molar refractivity (Wildman–Crippen MR) is 173 cm³/mol. The minimum absolute atomic E-state index is 0.0409. The first-order chi connectivity index (χ1) is 22.4. The fraction of sp³-hybridized carbons (Fsp3) is 0.424. The van der Waals surface area contributed by atoms with Crippen LogP contribution in [0.1, 0.15) is 30.2 Å². The standard InChI is InChI=1S/C33H43N5O8/c1-4-14-41-22-45-27-17-29(46-26(27)11-13-39)38-18-24(31-32(34)36-21-37-33(31)38)9-7-12-35-28(40)19-44-30(42-15-5-2)20-43-25-10-6-8-23(3)16-25/h4-10,16,18,21,26-27,29-30,39H,1-2,11-15,17,19-20,22H2,3H3,(H,35,40)(H2,34,36,37)/b9-7+. The van der Waals surface area contributed by atoms with Crippen molar-refractivity contribution in [3.05, 3.63) is 79.3 Å². The first-order valence-corrected chi connectivity index (χ1v) is 15.1. The highest BCUT2D eigenvalue weighted by Gasteiger charge is 2.37. The highest BCUT2D eigenvalue weighted by Crippen LogP contribution is 2.36. The number of ether oxygens (including phenoxy) is 6. The summed E-state index contributed by atoms with van der Waals surface area (Å²) in [5.41, 5.74) is 8.67. The van der Waals surface area contributed by atoms with Gasteiger partial charge in [-0.25, -0.2) is 9.97 Å². The second-order valence-corrected chi connectivity index (χ2v) is 10.5. The summed E-state index contributed by atoms with van der Waals surface area (Å²) >= 11 is 0. The van der Waals surface area contributed by atoms with E-state index in [-0.39, 0.29) is 57.9 Å². The smallest absolute Gasteiger partial charge is 0.246 e. The summed E-state index contributed by atoms with van der Waals surface area (Å²) in [4.78, 5) is 21.2. The summed E-state index contributed by atoms with van der Waals surface area (Å²) in [6.45, 7) is 10.1. The molecular formula is C33H43N5O8. The summed E-state index contributed by atoms with van der Waals surface area (Å²) in [7, 11) is 0. The van der Waals surface area contributed by atoms with Crippen LogP contribution < -0.4 is 15.8 Å². The van der Waals surface area contributed by atoms with Crippen molar-refractivity contribution in [3.63, 3.8) is 0 Å². The SMILES string of the molecule is C=CCOCOC1CC(n2cc(/C=C/CNC(=O)COC(COc3cccc(C)c3)OCC=C)c3c(N)ncnc32)OC1CCO. The number of rotatable bonds is 20. The summed E-state index contributed by atoms with van der Waals surface area (Å²) in [5.74, 6) is 0.675. The number of amides is 1. The highest BCUT2D eigenvalue weighted by molar-refractivity contribution is 5.94. The number of nitrogens with zero attached hydrogens (tertiary/aromatic N) is 3.